The third-order valence-corrected chi connectivity index (χ3v) is 3.86. The highest BCUT2D eigenvalue weighted by molar-refractivity contribution is 8.01. The van der Waals surface area contributed by atoms with E-state index in [0.717, 1.165) is 24.6 Å². The predicted molar refractivity (Wildman–Crippen MR) is 55.4 cm³/mol. The van der Waals surface area contributed by atoms with Gasteiger partial charge < -0.3 is 10.8 Å². The highest BCUT2D eigenvalue weighted by atomic mass is 32.2. The van der Waals surface area contributed by atoms with Gasteiger partial charge in [0.2, 0.25) is 11.1 Å². The summed E-state index contributed by atoms with van der Waals surface area (Å²) in [5, 5.41) is 15.9. The van der Waals surface area contributed by atoms with E-state index in [2.05, 4.69) is 15.2 Å². The number of hydrogen-bond acceptors (Lipinski definition) is 5. The van der Waals surface area contributed by atoms with Crippen molar-refractivity contribution < 1.29 is 9.90 Å². The summed E-state index contributed by atoms with van der Waals surface area (Å²) in [4.78, 5) is 15.1. The van der Waals surface area contributed by atoms with Gasteiger partial charge in [0.05, 0.1) is 0 Å². The maximum Gasteiger partial charge on any atom is 0.320 e. The van der Waals surface area contributed by atoms with Crippen molar-refractivity contribution in [2.24, 2.45) is 5.92 Å². The number of nitrogens with zero attached hydrogens (tertiary/aromatic N) is 2. The molecule has 1 unspecified atom stereocenters. The van der Waals surface area contributed by atoms with Crippen LogP contribution in [0.5, 0.6) is 0 Å². The van der Waals surface area contributed by atoms with Crippen molar-refractivity contribution in [2.75, 3.05) is 5.73 Å². The average molecular weight is 228 g/mol. The van der Waals surface area contributed by atoms with Crippen LogP contribution < -0.4 is 5.73 Å². The number of hydrogen-bond donors (Lipinski definition) is 3. The molecule has 1 fully saturated rings. The highest BCUT2D eigenvalue weighted by Gasteiger charge is 2.49. The van der Waals surface area contributed by atoms with E-state index in [4.69, 9.17) is 5.73 Å². The van der Waals surface area contributed by atoms with Gasteiger partial charge in [-0.05, 0) is 25.7 Å². The Morgan fingerprint density at radius 2 is 2.40 bits per heavy atom. The van der Waals surface area contributed by atoms with Crippen molar-refractivity contribution in [1.29, 1.82) is 0 Å². The molecule has 0 spiro atoms. The van der Waals surface area contributed by atoms with Gasteiger partial charge in [-0.15, -0.1) is 5.10 Å². The zero-order valence-corrected chi connectivity index (χ0v) is 9.04. The molecule has 1 atom stereocenters. The number of thioether (sulfide) groups is 1. The molecule has 4 N–H and O–H groups in total. The molecule has 0 saturated heterocycles. The molecule has 2 rings (SSSR count). The first-order chi connectivity index (χ1) is 7.02. The largest absolute Gasteiger partial charge is 0.480 e. The van der Waals surface area contributed by atoms with Gasteiger partial charge >= 0.3 is 5.97 Å². The molecule has 0 amide bonds. The van der Waals surface area contributed by atoms with Gasteiger partial charge in [-0.3, -0.25) is 4.79 Å². The number of carboxylic acid groups (broad SMARTS) is 1. The number of rotatable bonds is 4. The lowest BCUT2D eigenvalue weighted by molar-refractivity contribution is -0.140. The molecule has 0 bridgehead atoms. The molecule has 7 heteroatoms. The monoisotopic (exact) mass is 228 g/mol. The van der Waals surface area contributed by atoms with Gasteiger partial charge in [-0.25, -0.2) is 5.10 Å². The Hall–Kier alpha value is -1.24. The summed E-state index contributed by atoms with van der Waals surface area (Å²) in [7, 11) is 0. The van der Waals surface area contributed by atoms with Crippen molar-refractivity contribution in [3.8, 4) is 0 Å². The zero-order valence-electron chi connectivity index (χ0n) is 8.23. The number of carbonyl (C=O) groups is 1. The molecule has 0 radical (unpaired) electrons. The summed E-state index contributed by atoms with van der Waals surface area (Å²) < 4.78 is -0.839. The second-order valence-electron chi connectivity index (χ2n) is 3.79. The predicted octanol–water partition coefficient (Wildman–Crippen LogP) is 0.732. The topological polar surface area (TPSA) is 105 Å². The molecule has 0 aromatic carbocycles. The quantitative estimate of drug-likeness (QED) is 0.656. The van der Waals surface area contributed by atoms with Crippen molar-refractivity contribution in [1.82, 2.24) is 15.2 Å². The van der Waals surface area contributed by atoms with Gasteiger partial charge in [-0.1, -0.05) is 11.8 Å². The minimum atomic E-state index is -0.839. The maximum atomic E-state index is 11.2. The van der Waals surface area contributed by atoms with Crippen LogP contribution in [0.25, 0.3) is 0 Å². The first kappa shape index (κ1) is 10.3. The Kier molecular flexibility index (Phi) is 2.34. The van der Waals surface area contributed by atoms with Crippen LogP contribution in [0.2, 0.25) is 0 Å². The number of nitrogens with two attached hydrogens (primary N) is 1. The number of aromatic amines is 1. The first-order valence-corrected chi connectivity index (χ1v) is 5.44. The lowest BCUT2D eigenvalue weighted by Crippen LogP contribution is -2.33. The number of anilines is 1. The second kappa shape index (κ2) is 3.41. The number of aliphatic carboxylic acids is 1. The Balaban J connectivity index is 2.16. The lowest BCUT2D eigenvalue weighted by atomic mass is 10.1. The molecule has 1 aliphatic carbocycles. The Morgan fingerprint density at radius 3 is 2.80 bits per heavy atom. The molecule has 1 saturated carbocycles. The van der Waals surface area contributed by atoms with Crippen LogP contribution in [0.3, 0.4) is 0 Å². The summed E-state index contributed by atoms with van der Waals surface area (Å²) in [6.07, 6.45) is 1.91. The minimum absolute atomic E-state index is 0.208. The zero-order chi connectivity index (χ0) is 11.1. The van der Waals surface area contributed by atoms with Crippen molar-refractivity contribution in [3.05, 3.63) is 0 Å². The molecular weight excluding hydrogens is 216 g/mol. The molecule has 15 heavy (non-hydrogen) atoms. The molecular formula is C8H12N4O2S. The Morgan fingerprint density at radius 1 is 1.73 bits per heavy atom. The van der Waals surface area contributed by atoms with Gasteiger partial charge in [0, 0.05) is 0 Å². The lowest BCUT2D eigenvalue weighted by Gasteiger charge is -2.21. The molecule has 1 aromatic rings. The maximum absolute atomic E-state index is 11.2. The Labute approximate surface area is 90.7 Å². The molecule has 1 heterocycles. The van der Waals surface area contributed by atoms with Gasteiger partial charge in [0.1, 0.15) is 4.75 Å². The van der Waals surface area contributed by atoms with Crippen LogP contribution in [-0.2, 0) is 4.79 Å². The Bertz CT molecular complexity index is 390. The van der Waals surface area contributed by atoms with Crippen LogP contribution in [0.4, 0.5) is 5.95 Å². The normalized spacial score (nSPS) is 19.8. The molecule has 1 aliphatic rings. The van der Waals surface area contributed by atoms with E-state index in [1.54, 1.807) is 6.92 Å². The minimum Gasteiger partial charge on any atom is -0.480 e. The first-order valence-electron chi connectivity index (χ1n) is 4.62. The third kappa shape index (κ3) is 1.92. The van der Waals surface area contributed by atoms with Crippen molar-refractivity contribution in [3.63, 3.8) is 0 Å². The number of carboxylic acids is 1. The number of nitrogens with one attached hydrogen (secondary N) is 1. The number of H-pyrrole nitrogens is 1. The smallest absolute Gasteiger partial charge is 0.320 e. The van der Waals surface area contributed by atoms with Gasteiger partial charge in [0.15, 0.2) is 0 Å². The fraction of sp³-hybridized carbons (Fsp3) is 0.625. The summed E-state index contributed by atoms with van der Waals surface area (Å²) >= 11 is 1.16. The average Bonchev–Trinajstić information content (AvgIpc) is 2.92. The van der Waals surface area contributed by atoms with E-state index in [0.29, 0.717) is 5.16 Å². The van der Waals surface area contributed by atoms with Gasteiger partial charge in [0.25, 0.3) is 0 Å². The molecule has 0 aliphatic heterocycles. The van der Waals surface area contributed by atoms with Crippen LogP contribution in [-0.4, -0.2) is 31.0 Å². The van der Waals surface area contributed by atoms with E-state index in [1.165, 1.54) is 0 Å². The fourth-order valence-corrected chi connectivity index (χ4v) is 2.53. The highest BCUT2D eigenvalue weighted by Crippen LogP contribution is 2.49. The molecule has 6 nitrogen and oxygen atoms in total. The van der Waals surface area contributed by atoms with Crippen LogP contribution in [0, 0.1) is 5.92 Å². The standard InChI is InChI=1S/C8H12N4O2S/c1-8(5(13)14,4-2-3-4)15-7-10-6(9)11-12-7/h4H,2-3H2,1H3,(H,13,14)(H3,9,10,11,12). The second-order valence-corrected chi connectivity index (χ2v) is 5.21. The van der Waals surface area contributed by atoms with Crippen LogP contribution >= 0.6 is 11.8 Å². The summed E-state index contributed by atoms with van der Waals surface area (Å²) in [5.74, 6) is -0.404. The van der Waals surface area contributed by atoms with E-state index < -0.39 is 10.7 Å². The summed E-state index contributed by atoms with van der Waals surface area (Å²) in [6.45, 7) is 1.71. The number of aromatic nitrogens is 3. The molecule has 82 valence electrons. The van der Waals surface area contributed by atoms with Crippen LogP contribution in [0.1, 0.15) is 19.8 Å². The van der Waals surface area contributed by atoms with E-state index >= 15 is 0 Å². The van der Waals surface area contributed by atoms with Crippen molar-refractivity contribution in [2.45, 2.75) is 29.7 Å². The van der Waals surface area contributed by atoms with Crippen molar-refractivity contribution >= 4 is 23.7 Å². The van der Waals surface area contributed by atoms with Gasteiger partial charge in [-0.2, -0.15) is 4.98 Å². The van der Waals surface area contributed by atoms with Crippen LogP contribution in [0.15, 0.2) is 5.16 Å². The van der Waals surface area contributed by atoms with E-state index in [-0.39, 0.29) is 11.9 Å². The summed E-state index contributed by atoms with van der Waals surface area (Å²) in [6, 6.07) is 0. The molecule has 1 aromatic heterocycles. The van der Waals surface area contributed by atoms with E-state index in [1.807, 2.05) is 0 Å². The summed E-state index contributed by atoms with van der Waals surface area (Å²) in [5.41, 5.74) is 5.38. The van der Waals surface area contributed by atoms with E-state index in [9.17, 15) is 9.90 Å². The fourth-order valence-electron chi connectivity index (χ4n) is 1.43. The number of nitrogen functional groups attached to an aromatic ring is 1. The third-order valence-electron chi connectivity index (χ3n) is 2.57. The SMILES string of the molecule is CC(Sc1n[nH]c(N)n1)(C(=O)O)C1CC1.